The molecule has 0 spiro atoms. The molecule has 124 valence electrons. The normalized spacial score (nSPS) is 26.3. The summed E-state index contributed by atoms with van der Waals surface area (Å²) >= 11 is 0. The van der Waals surface area contributed by atoms with Gasteiger partial charge in [-0.05, 0) is 41.8 Å². The molecule has 5 rings (SSSR count). The van der Waals surface area contributed by atoms with Gasteiger partial charge in [-0.15, -0.1) is 0 Å². The van der Waals surface area contributed by atoms with E-state index < -0.39 is 11.5 Å². The van der Waals surface area contributed by atoms with E-state index in [9.17, 15) is 19.5 Å². The Kier molecular flexibility index (Phi) is 2.58. The maximum Gasteiger partial charge on any atom is 0.186 e. The smallest absolute Gasteiger partial charge is 0.186 e. The first-order valence-electron chi connectivity index (χ1n) is 8.20. The Hall–Kier alpha value is -2.79. The molecule has 25 heavy (non-hydrogen) atoms. The number of carbonyl (C=O) groups excluding carboxylic acids is 3. The summed E-state index contributed by atoms with van der Waals surface area (Å²) < 4.78 is 5.55. The maximum atomic E-state index is 12.3. The quantitative estimate of drug-likeness (QED) is 0.801. The fourth-order valence-corrected chi connectivity index (χ4v) is 4.44. The van der Waals surface area contributed by atoms with E-state index in [1.54, 1.807) is 12.1 Å². The van der Waals surface area contributed by atoms with Crippen LogP contribution in [-0.2, 0) is 5.41 Å². The lowest BCUT2D eigenvalue weighted by atomic mass is 9.62. The average molecular weight is 334 g/mol. The van der Waals surface area contributed by atoms with E-state index in [4.69, 9.17) is 4.42 Å². The van der Waals surface area contributed by atoms with Gasteiger partial charge in [0.25, 0.3) is 0 Å². The van der Waals surface area contributed by atoms with Crippen molar-refractivity contribution < 1.29 is 23.9 Å². The van der Waals surface area contributed by atoms with E-state index >= 15 is 0 Å². The predicted octanol–water partition coefficient (Wildman–Crippen LogP) is 2.89. The standard InChI is InChI=1S/C20H14O5/c1-20-5-4-16(23)12-8-25-19(17(12)20)18(24)11-6-9-10(7-13(11)20)15(22)3-2-14(9)21/h2-3,6-8,18,24H,4-5H2,1H3/t18?,20-/m0/s1. The third-order valence-corrected chi connectivity index (χ3v) is 5.77. The fraction of sp³-hybridized carbons (Fsp3) is 0.250. The highest BCUT2D eigenvalue weighted by Crippen LogP contribution is 2.53. The van der Waals surface area contributed by atoms with E-state index in [2.05, 4.69) is 0 Å². The van der Waals surface area contributed by atoms with E-state index in [0.29, 0.717) is 46.4 Å². The number of furan rings is 1. The van der Waals surface area contributed by atoms with E-state index in [-0.39, 0.29) is 17.3 Å². The van der Waals surface area contributed by atoms with Crippen LogP contribution in [-0.4, -0.2) is 22.5 Å². The van der Waals surface area contributed by atoms with Crippen LogP contribution < -0.4 is 0 Å². The van der Waals surface area contributed by atoms with Gasteiger partial charge in [0.15, 0.2) is 17.3 Å². The number of fused-ring (bicyclic) bond motifs is 3. The van der Waals surface area contributed by atoms with Crippen molar-refractivity contribution in [2.45, 2.75) is 31.3 Å². The SMILES string of the molecule is C[C@@]12CCC(=O)c3coc(c31)C(O)c1cc3c(cc12)C(=O)C=CC3=O. The minimum absolute atomic E-state index is 0.00488. The summed E-state index contributed by atoms with van der Waals surface area (Å²) in [6.45, 7) is 2.00. The molecular formula is C20H14O5. The van der Waals surface area contributed by atoms with Crippen LogP contribution >= 0.6 is 0 Å². The van der Waals surface area contributed by atoms with Crippen LogP contribution in [0.1, 0.15) is 79.4 Å². The van der Waals surface area contributed by atoms with Gasteiger partial charge in [-0.3, -0.25) is 14.4 Å². The van der Waals surface area contributed by atoms with Gasteiger partial charge in [-0.2, -0.15) is 0 Å². The third kappa shape index (κ3) is 1.63. The van der Waals surface area contributed by atoms with Gasteiger partial charge in [0, 0.05) is 28.5 Å². The van der Waals surface area contributed by atoms with Crippen LogP contribution in [0.3, 0.4) is 0 Å². The highest BCUT2D eigenvalue weighted by Gasteiger charge is 2.48. The number of benzene rings is 1. The first kappa shape index (κ1) is 14.5. The molecule has 5 heteroatoms. The second kappa shape index (κ2) is 4.43. The average Bonchev–Trinajstić information content (AvgIpc) is 3.06. The van der Waals surface area contributed by atoms with Gasteiger partial charge in [0.2, 0.25) is 0 Å². The summed E-state index contributed by atoms with van der Waals surface area (Å²) in [4.78, 5) is 36.6. The Balaban J connectivity index is 1.85. The molecule has 0 saturated carbocycles. The maximum absolute atomic E-state index is 12.3. The second-order valence-electron chi connectivity index (χ2n) is 7.09. The van der Waals surface area contributed by atoms with Crippen LogP contribution in [0.15, 0.2) is 35.0 Å². The number of carbonyl (C=O) groups is 3. The molecule has 1 N–H and O–H groups in total. The fourth-order valence-electron chi connectivity index (χ4n) is 4.44. The zero-order chi connectivity index (χ0) is 17.5. The van der Waals surface area contributed by atoms with Gasteiger partial charge >= 0.3 is 0 Å². The monoisotopic (exact) mass is 334 g/mol. The molecule has 1 unspecified atom stereocenters. The molecule has 1 aromatic carbocycles. The lowest BCUT2D eigenvalue weighted by Crippen LogP contribution is -2.37. The summed E-state index contributed by atoms with van der Waals surface area (Å²) in [5.41, 5.74) is 2.71. The minimum atomic E-state index is -1.06. The summed E-state index contributed by atoms with van der Waals surface area (Å²) in [6.07, 6.45) is 3.83. The predicted molar refractivity (Wildman–Crippen MR) is 87.0 cm³/mol. The van der Waals surface area contributed by atoms with Crippen molar-refractivity contribution in [3.63, 3.8) is 0 Å². The lowest BCUT2D eigenvalue weighted by molar-refractivity contribution is 0.0956. The topological polar surface area (TPSA) is 84.6 Å². The van der Waals surface area contributed by atoms with Crippen LogP contribution in [0.4, 0.5) is 0 Å². The summed E-state index contributed by atoms with van der Waals surface area (Å²) in [5.74, 6) is -0.103. The first-order valence-corrected chi connectivity index (χ1v) is 8.20. The number of aliphatic hydroxyl groups is 1. The van der Waals surface area contributed by atoms with Crippen molar-refractivity contribution in [3.05, 3.63) is 69.7 Å². The van der Waals surface area contributed by atoms with E-state index in [0.717, 1.165) is 5.56 Å². The van der Waals surface area contributed by atoms with Crippen molar-refractivity contribution in [2.24, 2.45) is 0 Å². The number of hydrogen-bond acceptors (Lipinski definition) is 5. The summed E-state index contributed by atoms with van der Waals surface area (Å²) in [5, 5.41) is 10.8. The molecule has 2 aromatic rings. The number of allylic oxidation sites excluding steroid dienone is 2. The number of ketones is 3. The summed E-state index contributed by atoms with van der Waals surface area (Å²) in [6, 6.07) is 3.32. The molecule has 0 bridgehead atoms. The molecule has 0 aliphatic heterocycles. The molecule has 3 aliphatic rings. The number of rotatable bonds is 0. The Morgan fingerprint density at radius 2 is 1.76 bits per heavy atom. The number of hydrogen-bond donors (Lipinski definition) is 1. The van der Waals surface area contributed by atoms with Crippen molar-refractivity contribution in [2.75, 3.05) is 0 Å². The van der Waals surface area contributed by atoms with Crippen LogP contribution in [0.5, 0.6) is 0 Å². The zero-order valence-corrected chi connectivity index (χ0v) is 13.5. The van der Waals surface area contributed by atoms with Gasteiger partial charge in [-0.25, -0.2) is 0 Å². The lowest BCUT2D eigenvalue weighted by Gasteiger charge is -2.40. The zero-order valence-electron chi connectivity index (χ0n) is 13.5. The summed E-state index contributed by atoms with van der Waals surface area (Å²) in [7, 11) is 0. The Morgan fingerprint density at radius 1 is 1.08 bits per heavy atom. The molecule has 3 aliphatic carbocycles. The Morgan fingerprint density at radius 3 is 2.48 bits per heavy atom. The third-order valence-electron chi connectivity index (χ3n) is 5.77. The van der Waals surface area contributed by atoms with Gasteiger partial charge in [0.1, 0.15) is 18.1 Å². The van der Waals surface area contributed by atoms with Crippen LogP contribution in [0.2, 0.25) is 0 Å². The van der Waals surface area contributed by atoms with Crippen LogP contribution in [0, 0.1) is 0 Å². The van der Waals surface area contributed by atoms with Gasteiger partial charge < -0.3 is 9.52 Å². The van der Waals surface area contributed by atoms with Crippen molar-refractivity contribution in [1.82, 2.24) is 0 Å². The highest BCUT2D eigenvalue weighted by atomic mass is 16.4. The van der Waals surface area contributed by atoms with Gasteiger partial charge in [0.05, 0.1) is 5.56 Å². The molecule has 0 radical (unpaired) electrons. The van der Waals surface area contributed by atoms with E-state index in [1.807, 2.05) is 6.92 Å². The molecule has 0 saturated heterocycles. The van der Waals surface area contributed by atoms with Crippen molar-refractivity contribution >= 4 is 17.3 Å². The van der Waals surface area contributed by atoms with Crippen LogP contribution in [0.25, 0.3) is 0 Å². The largest absolute Gasteiger partial charge is 0.465 e. The molecule has 0 amide bonds. The Bertz CT molecular complexity index is 1040. The molecule has 1 aromatic heterocycles. The number of Topliss-reactive ketones (excluding diaryl/α,β-unsaturated/α-hetero) is 1. The molecule has 2 atom stereocenters. The first-order chi connectivity index (χ1) is 11.9. The molecule has 1 heterocycles. The molecule has 0 fully saturated rings. The Labute approximate surface area is 143 Å². The van der Waals surface area contributed by atoms with Crippen molar-refractivity contribution in [3.8, 4) is 0 Å². The second-order valence-corrected chi connectivity index (χ2v) is 7.09. The highest BCUT2D eigenvalue weighted by molar-refractivity contribution is 6.22. The van der Waals surface area contributed by atoms with E-state index in [1.165, 1.54) is 18.4 Å². The van der Waals surface area contributed by atoms with Gasteiger partial charge in [-0.1, -0.05) is 6.92 Å². The van der Waals surface area contributed by atoms with Crippen molar-refractivity contribution in [1.29, 1.82) is 0 Å². The molecular weight excluding hydrogens is 320 g/mol. The molecule has 5 nitrogen and oxygen atoms in total. The minimum Gasteiger partial charge on any atom is -0.465 e. The number of aliphatic hydroxyl groups excluding tert-OH is 1.